The molecule has 0 atom stereocenters. The second-order valence-electron chi connectivity index (χ2n) is 8.15. The Labute approximate surface area is 229 Å². The van der Waals surface area contributed by atoms with Gasteiger partial charge in [0.1, 0.15) is 12.4 Å². The highest BCUT2D eigenvalue weighted by molar-refractivity contribution is 8.19. The van der Waals surface area contributed by atoms with Crippen molar-refractivity contribution in [1.82, 2.24) is 5.43 Å². The Bertz CT molecular complexity index is 1260. The first kappa shape index (κ1) is 27.4. The van der Waals surface area contributed by atoms with Crippen LogP contribution in [0.2, 0.25) is 0 Å². The van der Waals surface area contributed by atoms with Crippen molar-refractivity contribution in [1.29, 1.82) is 0 Å². The van der Waals surface area contributed by atoms with Gasteiger partial charge in [0, 0.05) is 11.5 Å². The molecule has 4 rings (SSSR count). The molecule has 1 aliphatic heterocycles. The molecule has 3 aromatic rings. The van der Waals surface area contributed by atoms with E-state index in [0.29, 0.717) is 34.0 Å². The van der Waals surface area contributed by atoms with Crippen molar-refractivity contribution in [2.45, 2.75) is 18.1 Å². The molecule has 0 radical (unpaired) electrons. The first-order valence-electron chi connectivity index (χ1n) is 12.0. The number of carbonyl (C=O) groups is 2. The summed E-state index contributed by atoms with van der Waals surface area (Å²) in [6.07, 6.45) is 1.51. The lowest BCUT2D eigenvalue weighted by atomic mass is 10.1. The van der Waals surface area contributed by atoms with E-state index in [1.807, 2.05) is 54.7 Å². The number of hydrogen-bond acceptors (Lipinski definition) is 8. The molecule has 0 aromatic heterocycles. The molecule has 1 heterocycles. The number of amides is 1. The van der Waals surface area contributed by atoms with Gasteiger partial charge in [0.05, 0.1) is 23.0 Å². The highest BCUT2D eigenvalue weighted by Crippen LogP contribution is 2.45. The summed E-state index contributed by atoms with van der Waals surface area (Å²) in [5.41, 5.74) is 5.49. The van der Waals surface area contributed by atoms with Crippen LogP contribution in [-0.4, -0.2) is 47.9 Å². The van der Waals surface area contributed by atoms with E-state index in [9.17, 15) is 9.59 Å². The van der Waals surface area contributed by atoms with E-state index in [4.69, 9.17) is 19.3 Å². The van der Waals surface area contributed by atoms with Gasteiger partial charge in [-0.2, -0.15) is 5.10 Å². The summed E-state index contributed by atoms with van der Waals surface area (Å²) >= 11 is 3.89. The zero-order chi connectivity index (χ0) is 26.7. The number of hydrogen-bond donors (Lipinski definition) is 2. The SMILES string of the molecule is CCOc1cc(/C=N\NC(=O)COc2ccc(C3SCCS3)cc2)ccc1OCc1ccc(C(=O)O)cc1. The number of aromatic carboxylic acids is 1. The van der Waals surface area contributed by atoms with E-state index in [1.165, 1.54) is 35.4 Å². The van der Waals surface area contributed by atoms with Gasteiger partial charge in [-0.1, -0.05) is 24.3 Å². The van der Waals surface area contributed by atoms with Crippen LogP contribution in [0.25, 0.3) is 0 Å². The number of carboxylic acid groups (broad SMARTS) is 1. The summed E-state index contributed by atoms with van der Waals surface area (Å²) in [7, 11) is 0. The minimum Gasteiger partial charge on any atom is -0.490 e. The van der Waals surface area contributed by atoms with Crippen LogP contribution >= 0.6 is 23.5 Å². The van der Waals surface area contributed by atoms with Crippen molar-refractivity contribution < 1.29 is 28.9 Å². The second-order valence-corrected chi connectivity index (χ2v) is 10.9. The van der Waals surface area contributed by atoms with Gasteiger partial charge in [-0.3, -0.25) is 4.79 Å². The van der Waals surface area contributed by atoms with Crippen molar-refractivity contribution in [2.75, 3.05) is 24.7 Å². The van der Waals surface area contributed by atoms with Crippen LogP contribution in [0, 0.1) is 0 Å². The van der Waals surface area contributed by atoms with Crippen LogP contribution in [-0.2, 0) is 11.4 Å². The first-order valence-corrected chi connectivity index (χ1v) is 14.1. The van der Waals surface area contributed by atoms with Gasteiger partial charge in [-0.05, 0) is 66.1 Å². The van der Waals surface area contributed by atoms with Crippen LogP contribution in [0.5, 0.6) is 17.2 Å². The first-order chi connectivity index (χ1) is 18.5. The molecule has 1 aliphatic rings. The van der Waals surface area contributed by atoms with Crippen molar-refractivity contribution in [3.63, 3.8) is 0 Å². The Kier molecular flexibility index (Phi) is 9.94. The maximum absolute atomic E-state index is 12.2. The molecule has 2 N–H and O–H groups in total. The topological polar surface area (TPSA) is 106 Å². The van der Waals surface area contributed by atoms with Crippen LogP contribution < -0.4 is 19.6 Å². The summed E-state index contributed by atoms with van der Waals surface area (Å²) in [5, 5.41) is 13.0. The maximum Gasteiger partial charge on any atom is 0.335 e. The number of rotatable bonds is 12. The molecule has 0 bridgehead atoms. The number of thioether (sulfide) groups is 2. The van der Waals surface area contributed by atoms with Crippen LogP contribution in [0.1, 0.15) is 38.6 Å². The molecule has 0 unspecified atom stereocenters. The molecule has 0 aliphatic carbocycles. The molecule has 10 heteroatoms. The lowest BCUT2D eigenvalue weighted by molar-refractivity contribution is -0.123. The molecule has 3 aromatic carbocycles. The monoisotopic (exact) mass is 552 g/mol. The molecular formula is C28H28N2O6S2. The predicted molar refractivity (Wildman–Crippen MR) is 151 cm³/mol. The van der Waals surface area contributed by atoms with Crippen LogP contribution in [0.4, 0.5) is 0 Å². The summed E-state index contributed by atoms with van der Waals surface area (Å²) in [6, 6.07) is 19.7. The Balaban J connectivity index is 1.26. The fourth-order valence-corrected chi connectivity index (χ4v) is 6.39. The highest BCUT2D eigenvalue weighted by atomic mass is 32.2. The Morgan fingerprint density at radius 1 is 0.974 bits per heavy atom. The summed E-state index contributed by atoms with van der Waals surface area (Å²) in [4.78, 5) is 23.2. The molecule has 198 valence electrons. The van der Waals surface area contributed by atoms with E-state index in [0.717, 1.165) is 5.56 Å². The molecule has 1 amide bonds. The largest absolute Gasteiger partial charge is 0.490 e. The number of nitrogens with one attached hydrogen (secondary N) is 1. The second kappa shape index (κ2) is 13.8. The number of nitrogens with zero attached hydrogens (tertiary/aromatic N) is 1. The Morgan fingerprint density at radius 3 is 2.39 bits per heavy atom. The number of carboxylic acids is 1. The summed E-state index contributed by atoms with van der Waals surface area (Å²) in [6.45, 7) is 2.42. The van der Waals surface area contributed by atoms with Crippen molar-refractivity contribution in [3.05, 3.63) is 89.0 Å². The number of hydrazone groups is 1. The highest BCUT2D eigenvalue weighted by Gasteiger charge is 2.18. The molecule has 0 spiro atoms. The van der Waals surface area contributed by atoms with Crippen molar-refractivity contribution in [2.24, 2.45) is 5.10 Å². The lowest BCUT2D eigenvalue weighted by Gasteiger charge is -2.13. The predicted octanol–water partition coefficient (Wildman–Crippen LogP) is 5.37. The Morgan fingerprint density at radius 2 is 1.71 bits per heavy atom. The van der Waals surface area contributed by atoms with Gasteiger partial charge in [-0.15, -0.1) is 23.5 Å². The van der Waals surface area contributed by atoms with Crippen molar-refractivity contribution in [3.8, 4) is 17.2 Å². The van der Waals surface area contributed by atoms with Gasteiger partial charge >= 0.3 is 5.97 Å². The number of ether oxygens (including phenoxy) is 3. The van der Waals surface area contributed by atoms with Gasteiger partial charge in [0.2, 0.25) is 0 Å². The van der Waals surface area contributed by atoms with Gasteiger partial charge in [0.15, 0.2) is 18.1 Å². The van der Waals surface area contributed by atoms with Gasteiger partial charge in [0.25, 0.3) is 5.91 Å². The summed E-state index contributed by atoms with van der Waals surface area (Å²) in [5.74, 6) is 2.71. The molecule has 1 saturated heterocycles. The number of carbonyl (C=O) groups excluding carboxylic acids is 1. The molecule has 8 nitrogen and oxygen atoms in total. The van der Waals surface area contributed by atoms with Gasteiger partial charge < -0.3 is 19.3 Å². The van der Waals surface area contributed by atoms with E-state index in [1.54, 1.807) is 30.3 Å². The minimum absolute atomic E-state index is 0.145. The Hall–Kier alpha value is -3.63. The standard InChI is InChI=1S/C28H28N2O6S2/c1-2-34-25-15-20(5-12-24(25)36-17-19-3-6-21(7-4-19)27(32)33)16-29-30-26(31)18-35-23-10-8-22(9-11-23)28-37-13-14-38-28/h3-12,15-16,28H,2,13-14,17-18H2,1H3,(H,30,31)(H,32,33)/b29-16-. The third kappa shape index (κ3) is 7.93. The fourth-order valence-electron chi connectivity index (χ4n) is 3.53. The van der Waals surface area contributed by atoms with Crippen LogP contribution in [0.15, 0.2) is 71.8 Å². The van der Waals surface area contributed by atoms with Gasteiger partial charge in [-0.25, -0.2) is 10.2 Å². The zero-order valence-corrected chi connectivity index (χ0v) is 22.4. The molecule has 38 heavy (non-hydrogen) atoms. The molecule has 1 fully saturated rings. The minimum atomic E-state index is -0.972. The average molecular weight is 553 g/mol. The normalized spacial score (nSPS) is 13.4. The summed E-state index contributed by atoms with van der Waals surface area (Å²) < 4.78 is 17.6. The van der Waals surface area contributed by atoms with E-state index < -0.39 is 5.97 Å². The third-order valence-corrected chi connectivity index (χ3v) is 8.51. The van der Waals surface area contributed by atoms with E-state index >= 15 is 0 Å². The van der Waals surface area contributed by atoms with Crippen LogP contribution in [0.3, 0.4) is 0 Å². The maximum atomic E-state index is 12.2. The number of benzene rings is 3. The fraction of sp³-hybridized carbons (Fsp3) is 0.250. The molecular weight excluding hydrogens is 524 g/mol. The smallest absolute Gasteiger partial charge is 0.335 e. The average Bonchev–Trinajstić information content (AvgIpc) is 3.47. The van der Waals surface area contributed by atoms with E-state index in [-0.39, 0.29) is 24.7 Å². The zero-order valence-electron chi connectivity index (χ0n) is 20.8. The van der Waals surface area contributed by atoms with E-state index in [2.05, 4.69) is 10.5 Å². The lowest BCUT2D eigenvalue weighted by Crippen LogP contribution is -2.24. The third-order valence-electron chi connectivity index (χ3n) is 5.41. The molecule has 0 saturated carbocycles. The van der Waals surface area contributed by atoms with Crippen molar-refractivity contribution >= 4 is 41.6 Å². The quantitative estimate of drug-likeness (QED) is 0.228.